The second-order valence-electron chi connectivity index (χ2n) is 6.59. The number of amides is 2. The summed E-state index contributed by atoms with van der Waals surface area (Å²) >= 11 is 0. The minimum Gasteiger partial charge on any atom is -0.351 e. The first-order chi connectivity index (χ1) is 11.1. The Balaban J connectivity index is 1.52. The largest absolute Gasteiger partial charge is 0.351 e. The van der Waals surface area contributed by atoms with Crippen LogP contribution in [-0.2, 0) is 4.79 Å². The number of fused-ring (bicyclic) bond motifs is 1. The van der Waals surface area contributed by atoms with Crippen LogP contribution in [0.5, 0.6) is 0 Å². The maximum Gasteiger partial charge on any atom is 0.251 e. The molecule has 23 heavy (non-hydrogen) atoms. The molecule has 0 spiro atoms. The first-order valence-electron chi connectivity index (χ1n) is 8.16. The molecule has 120 valence electrons. The van der Waals surface area contributed by atoms with Gasteiger partial charge in [0, 0.05) is 30.1 Å². The monoisotopic (exact) mass is 312 g/mol. The van der Waals surface area contributed by atoms with E-state index in [1.165, 1.54) is 0 Å². The number of hydrogen-bond donors (Lipinski definition) is 2. The Morgan fingerprint density at radius 3 is 3.00 bits per heavy atom. The second-order valence-corrected chi connectivity index (χ2v) is 6.59. The third-order valence-electron chi connectivity index (χ3n) is 4.85. The zero-order chi connectivity index (χ0) is 16.0. The molecule has 2 N–H and O–H groups in total. The summed E-state index contributed by atoms with van der Waals surface area (Å²) in [6.07, 6.45) is 7.12. The van der Waals surface area contributed by atoms with E-state index in [1.54, 1.807) is 12.3 Å². The van der Waals surface area contributed by atoms with Crippen LogP contribution in [0, 0.1) is 12.8 Å². The van der Waals surface area contributed by atoms with Gasteiger partial charge in [0.05, 0.1) is 12.1 Å². The van der Waals surface area contributed by atoms with Gasteiger partial charge in [-0.2, -0.15) is 0 Å². The molecule has 2 amide bonds. The molecule has 0 aromatic carbocycles. The summed E-state index contributed by atoms with van der Waals surface area (Å²) in [6.45, 7) is 1.98. The quantitative estimate of drug-likeness (QED) is 0.900. The van der Waals surface area contributed by atoms with Crippen LogP contribution >= 0.6 is 0 Å². The summed E-state index contributed by atoms with van der Waals surface area (Å²) in [6, 6.07) is 3.71. The van der Waals surface area contributed by atoms with Crippen molar-refractivity contribution in [3.63, 3.8) is 0 Å². The van der Waals surface area contributed by atoms with Crippen LogP contribution in [0.15, 0.2) is 24.5 Å². The smallest absolute Gasteiger partial charge is 0.251 e. The number of rotatable bonds is 3. The Kier molecular flexibility index (Phi) is 3.32. The van der Waals surface area contributed by atoms with Crippen molar-refractivity contribution in [2.24, 2.45) is 5.92 Å². The SMILES string of the molecule is Cc1cnc2cc(C(=O)N[C@@H]3CCC(=O)N[C@H]3C3CC3)ccn12. The van der Waals surface area contributed by atoms with E-state index in [0.717, 1.165) is 24.2 Å². The highest BCUT2D eigenvalue weighted by molar-refractivity contribution is 5.95. The maximum absolute atomic E-state index is 12.6. The molecule has 1 aliphatic heterocycles. The molecule has 6 nitrogen and oxygen atoms in total. The Labute approximate surface area is 134 Å². The molecular formula is C17H20N4O2. The Hall–Kier alpha value is -2.37. The van der Waals surface area contributed by atoms with E-state index in [9.17, 15) is 9.59 Å². The number of aryl methyl sites for hydroxylation is 1. The lowest BCUT2D eigenvalue weighted by atomic mass is 9.94. The van der Waals surface area contributed by atoms with E-state index in [4.69, 9.17) is 0 Å². The molecule has 3 heterocycles. The number of imidazole rings is 1. The van der Waals surface area contributed by atoms with Crippen molar-refractivity contribution in [3.05, 3.63) is 35.8 Å². The van der Waals surface area contributed by atoms with E-state index in [0.29, 0.717) is 24.3 Å². The molecular weight excluding hydrogens is 292 g/mol. The summed E-state index contributed by atoms with van der Waals surface area (Å²) in [5.74, 6) is 0.517. The Morgan fingerprint density at radius 2 is 2.22 bits per heavy atom. The summed E-state index contributed by atoms with van der Waals surface area (Å²) < 4.78 is 1.95. The van der Waals surface area contributed by atoms with Crippen LogP contribution < -0.4 is 10.6 Å². The van der Waals surface area contributed by atoms with Crippen molar-refractivity contribution in [2.75, 3.05) is 0 Å². The third kappa shape index (κ3) is 2.69. The van der Waals surface area contributed by atoms with E-state index in [-0.39, 0.29) is 23.9 Å². The normalized spacial score (nSPS) is 24.5. The first-order valence-corrected chi connectivity index (χ1v) is 8.16. The van der Waals surface area contributed by atoms with Crippen LogP contribution in [0.1, 0.15) is 41.7 Å². The lowest BCUT2D eigenvalue weighted by Gasteiger charge is -2.33. The average molecular weight is 312 g/mol. The molecule has 2 aromatic heterocycles. The molecule has 1 saturated heterocycles. The van der Waals surface area contributed by atoms with Crippen LogP contribution in [0.2, 0.25) is 0 Å². The van der Waals surface area contributed by atoms with Gasteiger partial charge in [-0.3, -0.25) is 9.59 Å². The van der Waals surface area contributed by atoms with Gasteiger partial charge in [-0.05, 0) is 44.2 Å². The summed E-state index contributed by atoms with van der Waals surface area (Å²) in [5, 5.41) is 6.16. The van der Waals surface area contributed by atoms with Gasteiger partial charge in [0.2, 0.25) is 5.91 Å². The first kappa shape index (κ1) is 14.2. The zero-order valence-corrected chi connectivity index (χ0v) is 13.1. The lowest BCUT2D eigenvalue weighted by molar-refractivity contribution is -0.124. The fourth-order valence-corrected chi connectivity index (χ4v) is 3.39. The summed E-state index contributed by atoms with van der Waals surface area (Å²) in [7, 11) is 0. The van der Waals surface area contributed by atoms with Crippen LogP contribution in [0.25, 0.3) is 5.65 Å². The summed E-state index contributed by atoms with van der Waals surface area (Å²) in [4.78, 5) is 28.5. The zero-order valence-electron chi connectivity index (χ0n) is 13.1. The number of pyridine rings is 1. The number of carbonyl (C=O) groups excluding carboxylic acids is 2. The Bertz CT molecular complexity index is 778. The Morgan fingerprint density at radius 1 is 1.39 bits per heavy atom. The highest BCUT2D eigenvalue weighted by atomic mass is 16.2. The van der Waals surface area contributed by atoms with Gasteiger partial charge < -0.3 is 15.0 Å². The van der Waals surface area contributed by atoms with Crippen molar-refractivity contribution in [1.82, 2.24) is 20.0 Å². The number of aromatic nitrogens is 2. The van der Waals surface area contributed by atoms with Crippen molar-refractivity contribution in [2.45, 2.75) is 44.7 Å². The lowest BCUT2D eigenvalue weighted by Crippen LogP contribution is -2.56. The minimum absolute atomic E-state index is 0.0189. The second kappa shape index (κ2) is 5.37. The molecule has 0 radical (unpaired) electrons. The van der Waals surface area contributed by atoms with Crippen molar-refractivity contribution in [3.8, 4) is 0 Å². The number of nitrogens with one attached hydrogen (secondary N) is 2. The van der Waals surface area contributed by atoms with E-state index in [2.05, 4.69) is 15.6 Å². The summed E-state index contributed by atoms with van der Waals surface area (Å²) in [5.41, 5.74) is 2.41. The molecule has 4 rings (SSSR count). The molecule has 1 saturated carbocycles. The molecule has 2 aliphatic rings. The van der Waals surface area contributed by atoms with E-state index >= 15 is 0 Å². The van der Waals surface area contributed by atoms with Gasteiger partial charge in [0.1, 0.15) is 5.65 Å². The van der Waals surface area contributed by atoms with E-state index < -0.39 is 0 Å². The van der Waals surface area contributed by atoms with Gasteiger partial charge in [0.15, 0.2) is 0 Å². The van der Waals surface area contributed by atoms with Crippen LogP contribution in [0.4, 0.5) is 0 Å². The maximum atomic E-state index is 12.6. The number of nitrogens with zero attached hydrogens (tertiary/aromatic N) is 2. The number of piperidine rings is 1. The van der Waals surface area contributed by atoms with Crippen LogP contribution in [-0.4, -0.2) is 33.3 Å². The topological polar surface area (TPSA) is 75.5 Å². The fourth-order valence-electron chi connectivity index (χ4n) is 3.39. The van der Waals surface area contributed by atoms with Crippen molar-refractivity contribution >= 4 is 17.5 Å². The fraction of sp³-hybridized carbons (Fsp3) is 0.471. The molecule has 2 atom stereocenters. The van der Waals surface area contributed by atoms with Crippen molar-refractivity contribution < 1.29 is 9.59 Å². The molecule has 2 fully saturated rings. The van der Waals surface area contributed by atoms with Gasteiger partial charge in [-0.25, -0.2) is 4.98 Å². The average Bonchev–Trinajstić information content (AvgIpc) is 3.33. The van der Waals surface area contributed by atoms with Gasteiger partial charge in [0.25, 0.3) is 5.91 Å². The third-order valence-corrected chi connectivity index (χ3v) is 4.85. The van der Waals surface area contributed by atoms with Crippen molar-refractivity contribution in [1.29, 1.82) is 0 Å². The highest BCUT2D eigenvalue weighted by Gasteiger charge is 2.40. The molecule has 6 heteroatoms. The number of hydrogen-bond acceptors (Lipinski definition) is 3. The van der Waals surface area contributed by atoms with Gasteiger partial charge in [-0.1, -0.05) is 0 Å². The highest BCUT2D eigenvalue weighted by Crippen LogP contribution is 2.36. The van der Waals surface area contributed by atoms with Gasteiger partial charge >= 0.3 is 0 Å². The van der Waals surface area contributed by atoms with E-state index in [1.807, 2.05) is 23.6 Å². The number of carbonyl (C=O) groups is 2. The predicted octanol–water partition coefficient (Wildman–Crippen LogP) is 1.43. The molecule has 0 unspecified atom stereocenters. The molecule has 0 bridgehead atoms. The molecule has 2 aromatic rings. The van der Waals surface area contributed by atoms with Crippen LogP contribution in [0.3, 0.4) is 0 Å². The predicted molar refractivity (Wildman–Crippen MR) is 85.1 cm³/mol. The standard InChI is InChI=1S/C17H20N4O2/c1-10-9-18-14-8-12(6-7-21(10)14)17(23)19-13-4-5-15(22)20-16(13)11-2-3-11/h6-9,11,13,16H,2-5H2,1H3,(H,19,23)(H,20,22)/t13-,16+/m1/s1. The van der Waals surface area contributed by atoms with Gasteiger partial charge in [-0.15, -0.1) is 0 Å². The molecule has 1 aliphatic carbocycles. The minimum atomic E-state index is -0.0973.